The van der Waals surface area contributed by atoms with Gasteiger partial charge in [-0.3, -0.25) is 4.79 Å². The number of ketones is 1. The first kappa shape index (κ1) is 12.1. The Balaban J connectivity index is 2.92. The minimum absolute atomic E-state index is 0.118. The summed E-state index contributed by atoms with van der Waals surface area (Å²) in [5.41, 5.74) is 0.665. The molecule has 5 heteroatoms. The van der Waals surface area contributed by atoms with Crippen LogP contribution in [0.25, 0.3) is 0 Å². The first-order valence-electron chi connectivity index (χ1n) is 4.43. The maximum absolute atomic E-state index is 11.3. The van der Waals surface area contributed by atoms with E-state index in [1.54, 1.807) is 12.3 Å². The van der Waals surface area contributed by atoms with Crippen LogP contribution in [-0.2, 0) is 11.2 Å². The quantitative estimate of drug-likeness (QED) is 0.900. The largest absolute Gasteiger partial charge is 0.481 e. The normalized spacial score (nSPS) is 12.3. The number of rotatable bonds is 4. The van der Waals surface area contributed by atoms with E-state index >= 15 is 0 Å². The molecule has 1 N–H and O–H groups in total. The molecule has 0 amide bonds. The van der Waals surface area contributed by atoms with Gasteiger partial charge in [0, 0.05) is 22.7 Å². The summed E-state index contributed by atoms with van der Waals surface area (Å²) in [6.45, 7) is 1.44. The van der Waals surface area contributed by atoms with Gasteiger partial charge in [0.25, 0.3) is 0 Å². The number of methoxy groups -OCH3 is 1. The molecule has 0 aliphatic carbocycles. The number of pyridine rings is 1. The summed E-state index contributed by atoms with van der Waals surface area (Å²) >= 11 is 3.26. The van der Waals surface area contributed by atoms with E-state index in [4.69, 9.17) is 9.84 Å². The summed E-state index contributed by atoms with van der Waals surface area (Å²) in [5.74, 6) is 0.153. The molecule has 0 radical (unpaired) electrons. The number of Topliss-reactive ketones (excluding diaryl/α,β-unsaturated/α-hetero) is 1. The second kappa shape index (κ2) is 5.23. The monoisotopic (exact) mass is 273 g/mol. The van der Waals surface area contributed by atoms with E-state index in [2.05, 4.69) is 20.9 Å². The topological polar surface area (TPSA) is 59.4 Å². The Morgan fingerprint density at radius 2 is 2.40 bits per heavy atom. The summed E-state index contributed by atoms with van der Waals surface area (Å²) in [6.07, 6.45) is 0.747. The molecule has 1 rings (SSSR count). The van der Waals surface area contributed by atoms with Crippen LogP contribution in [0.15, 0.2) is 16.7 Å². The molecule has 1 atom stereocenters. The Hall–Kier alpha value is -0.940. The second-order valence-electron chi connectivity index (χ2n) is 3.14. The molecule has 0 fully saturated rings. The van der Waals surface area contributed by atoms with Crippen LogP contribution in [-0.4, -0.2) is 29.1 Å². The Morgan fingerprint density at radius 3 is 2.93 bits per heavy atom. The number of aliphatic hydroxyl groups is 1. The van der Waals surface area contributed by atoms with E-state index in [-0.39, 0.29) is 12.2 Å². The lowest BCUT2D eigenvalue weighted by molar-refractivity contribution is -0.125. The van der Waals surface area contributed by atoms with Gasteiger partial charge >= 0.3 is 0 Å². The third-order valence-electron chi connectivity index (χ3n) is 1.92. The maximum Gasteiger partial charge on any atom is 0.216 e. The fourth-order valence-electron chi connectivity index (χ4n) is 1.11. The molecule has 1 unspecified atom stereocenters. The summed E-state index contributed by atoms with van der Waals surface area (Å²) in [4.78, 5) is 15.3. The van der Waals surface area contributed by atoms with Crippen molar-refractivity contribution in [3.63, 3.8) is 0 Å². The molecule has 0 aliphatic rings. The number of hydrogen-bond donors (Lipinski definition) is 1. The lowest BCUT2D eigenvalue weighted by atomic mass is 10.1. The molecule has 1 heterocycles. The van der Waals surface area contributed by atoms with Crippen LogP contribution in [0.1, 0.15) is 12.5 Å². The molecule has 82 valence electrons. The maximum atomic E-state index is 11.3. The van der Waals surface area contributed by atoms with Crippen LogP contribution in [0.3, 0.4) is 0 Å². The standard InChI is InChI=1S/C10H12BrNO3/c1-6(13)9(14)4-7-3-8(11)5-12-10(7)15-2/h3,5-6,13H,4H2,1-2H3. The Labute approximate surface area is 96.4 Å². The van der Waals surface area contributed by atoms with Crippen molar-refractivity contribution in [3.8, 4) is 5.88 Å². The van der Waals surface area contributed by atoms with Crippen molar-refractivity contribution in [2.75, 3.05) is 7.11 Å². The highest BCUT2D eigenvalue weighted by Crippen LogP contribution is 2.20. The summed E-state index contributed by atoms with van der Waals surface area (Å²) in [7, 11) is 1.49. The molecule has 0 bridgehead atoms. The number of aromatic nitrogens is 1. The number of hydrogen-bond acceptors (Lipinski definition) is 4. The number of carbonyl (C=O) groups is 1. The van der Waals surface area contributed by atoms with Crippen LogP contribution < -0.4 is 4.74 Å². The zero-order valence-electron chi connectivity index (χ0n) is 8.53. The van der Waals surface area contributed by atoms with E-state index in [1.807, 2.05) is 0 Å². The van der Waals surface area contributed by atoms with Gasteiger partial charge in [-0.2, -0.15) is 0 Å². The molecular weight excluding hydrogens is 262 g/mol. The Kier molecular flexibility index (Phi) is 4.23. The van der Waals surface area contributed by atoms with E-state index in [0.717, 1.165) is 4.47 Å². The molecule has 0 aromatic carbocycles. The van der Waals surface area contributed by atoms with Crippen molar-refractivity contribution in [2.24, 2.45) is 0 Å². The molecule has 0 spiro atoms. The van der Waals surface area contributed by atoms with Gasteiger partial charge in [-0.1, -0.05) is 0 Å². The summed E-state index contributed by atoms with van der Waals surface area (Å²) in [6, 6.07) is 1.76. The van der Waals surface area contributed by atoms with Gasteiger partial charge in [-0.05, 0) is 28.9 Å². The van der Waals surface area contributed by atoms with Crippen LogP contribution >= 0.6 is 15.9 Å². The fourth-order valence-corrected chi connectivity index (χ4v) is 1.49. The number of nitrogens with zero attached hydrogens (tertiary/aromatic N) is 1. The lowest BCUT2D eigenvalue weighted by Gasteiger charge is -2.08. The van der Waals surface area contributed by atoms with Gasteiger partial charge in [0.2, 0.25) is 5.88 Å². The minimum Gasteiger partial charge on any atom is -0.481 e. The highest BCUT2D eigenvalue weighted by molar-refractivity contribution is 9.10. The highest BCUT2D eigenvalue weighted by Gasteiger charge is 2.14. The van der Waals surface area contributed by atoms with Gasteiger partial charge in [0.05, 0.1) is 7.11 Å². The number of carbonyl (C=O) groups excluding carboxylic acids is 1. The van der Waals surface area contributed by atoms with Crippen molar-refractivity contribution in [1.29, 1.82) is 0 Å². The van der Waals surface area contributed by atoms with Gasteiger partial charge in [0.1, 0.15) is 6.10 Å². The predicted octanol–water partition coefficient (Wildman–Crippen LogP) is 1.35. The second-order valence-corrected chi connectivity index (χ2v) is 4.06. The average Bonchev–Trinajstić information content (AvgIpc) is 2.18. The SMILES string of the molecule is COc1ncc(Br)cc1CC(=O)C(C)O. The first-order chi connectivity index (χ1) is 7.04. The minimum atomic E-state index is -0.964. The molecule has 4 nitrogen and oxygen atoms in total. The number of halogens is 1. The molecule has 1 aromatic rings. The molecule has 0 aliphatic heterocycles. The summed E-state index contributed by atoms with van der Waals surface area (Å²) < 4.78 is 5.79. The molecule has 1 aromatic heterocycles. The lowest BCUT2D eigenvalue weighted by Crippen LogP contribution is -2.18. The Morgan fingerprint density at radius 1 is 1.73 bits per heavy atom. The van der Waals surface area contributed by atoms with Crippen molar-refractivity contribution in [1.82, 2.24) is 4.98 Å². The van der Waals surface area contributed by atoms with Crippen molar-refractivity contribution in [3.05, 3.63) is 22.3 Å². The van der Waals surface area contributed by atoms with Gasteiger partial charge in [-0.25, -0.2) is 4.98 Å². The number of ether oxygens (including phenoxy) is 1. The number of aliphatic hydroxyl groups excluding tert-OH is 1. The van der Waals surface area contributed by atoms with Crippen molar-refractivity contribution >= 4 is 21.7 Å². The predicted molar refractivity (Wildman–Crippen MR) is 58.9 cm³/mol. The van der Waals surface area contributed by atoms with Gasteiger partial charge in [0.15, 0.2) is 5.78 Å². The van der Waals surface area contributed by atoms with Crippen molar-refractivity contribution < 1.29 is 14.6 Å². The average molecular weight is 274 g/mol. The van der Waals surface area contributed by atoms with E-state index in [0.29, 0.717) is 11.4 Å². The molecule has 15 heavy (non-hydrogen) atoms. The highest BCUT2D eigenvalue weighted by atomic mass is 79.9. The van der Waals surface area contributed by atoms with E-state index in [1.165, 1.54) is 14.0 Å². The van der Waals surface area contributed by atoms with Crippen molar-refractivity contribution in [2.45, 2.75) is 19.4 Å². The summed E-state index contributed by atoms with van der Waals surface area (Å²) in [5, 5.41) is 9.09. The van der Waals surface area contributed by atoms with Gasteiger partial charge < -0.3 is 9.84 Å². The first-order valence-corrected chi connectivity index (χ1v) is 5.23. The van der Waals surface area contributed by atoms with Gasteiger partial charge in [-0.15, -0.1) is 0 Å². The zero-order valence-corrected chi connectivity index (χ0v) is 10.1. The third-order valence-corrected chi connectivity index (χ3v) is 2.35. The molecule has 0 saturated heterocycles. The molecular formula is C10H12BrNO3. The van der Waals surface area contributed by atoms with E-state index < -0.39 is 6.10 Å². The van der Waals surface area contributed by atoms with Crippen LogP contribution in [0.5, 0.6) is 5.88 Å². The van der Waals surface area contributed by atoms with Crippen LogP contribution in [0, 0.1) is 0 Å². The van der Waals surface area contributed by atoms with Crippen LogP contribution in [0.4, 0.5) is 0 Å². The smallest absolute Gasteiger partial charge is 0.216 e. The van der Waals surface area contributed by atoms with Crippen LogP contribution in [0.2, 0.25) is 0 Å². The zero-order chi connectivity index (χ0) is 11.4. The third kappa shape index (κ3) is 3.28. The fraction of sp³-hybridized carbons (Fsp3) is 0.400. The Bertz CT molecular complexity index is 366. The molecule has 0 saturated carbocycles. The van der Waals surface area contributed by atoms with E-state index in [9.17, 15) is 4.79 Å².